The Balaban J connectivity index is 1.98. The second-order valence-electron chi connectivity index (χ2n) is 6.14. The van der Waals surface area contributed by atoms with E-state index in [0.717, 1.165) is 11.4 Å². The first-order chi connectivity index (χ1) is 11.4. The van der Waals surface area contributed by atoms with Gasteiger partial charge in [-0.2, -0.15) is 0 Å². The van der Waals surface area contributed by atoms with Crippen LogP contribution in [0.1, 0.15) is 30.9 Å². The van der Waals surface area contributed by atoms with Crippen LogP contribution >= 0.6 is 0 Å². The summed E-state index contributed by atoms with van der Waals surface area (Å²) < 4.78 is 0. The van der Waals surface area contributed by atoms with Gasteiger partial charge in [0.2, 0.25) is 5.91 Å². The predicted molar refractivity (Wildman–Crippen MR) is 99.9 cm³/mol. The number of benzene rings is 2. The summed E-state index contributed by atoms with van der Waals surface area (Å²) in [5.74, 6) is 0.386. The lowest BCUT2D eigenvalue weighted by molar-refractivity contribution is -0.114. The summed E-state index contributed by atoms with van der Waals surface area (Å²) in [5.41, 5.74) is 9.02. The van der Waals surface area contributed by atoms with Gasteiger partial charge in [-0.05, 0) is 35.7 Å². The summed E-state index contributed by atoms with van der Waals surface area (Å²) in [6.07, 6.45) is 0. The number of nitrogens with one attached hydrogen (secondary N) is 2. The van der Waals surface area contributed by atoms with E-state index in [1.54, 1.807) is 12.1 Å². The minimum absolute atomic E-state index is 0.0138. The Labute approximate surface area is 143 Å². The van der Waals surface area contributed by atoms with Crippen molar-refractivity contribution in [1.82, 2.24) is 0 Å². The fraction of sp³-hybridized carbons (Fsp3) is 0.263. The molecular formula is C19H24N4O. The van der Waals surface area contributed by atoms with Crippen LogP contribution in [0, 0.1) is 5.41 Å². The zero-order chi connectivity index (χ0) is 17.7. The molecule has 2 rings (SSSR count). The Bertz CT molecular complexity index is 722. The molecule has 126 valence electrons. The molecule has 0 aliphatic rings. The number of anilines is 2. The van der Waals surface area contributed by atoms with Gasteiger partial charge in [-0.1, -0.05) is 38.1 Å². The molecular weight excluding hydrogens is 300 g/mol. The summed E-state index contributed by atoms with van der Waals surface area (Å²) >= 11 is 0. The molecule has 0 aromatic heterocycles. The number of amides is 1. The molecule has 0 saturated carbocycles. The molecule has 0 fully saturated rings. The minimum atomic E-state index is -0.0944. The molecule has 0 spiro atoms. The molecule has 4 N–H and O–H groups in total. The molecule has 2 aromatic carbocycles. The summed E-state index contributed by atoms with van der Waals surface area (Å²) in [6, 6.07) is 15.2. The van der Waals surface area contributed by atoms with Gasteiger partial charge in [-0.15, -0.1) is 0 Å². The molecule has 1 amide bonds. The average Bonchev–Trinajstić information content (AvgIpc) is 2.55. The van der Waals surface area contributed by atoms with Crippen LogP contribution in [0.15, 0.2) is 48.5 Å². The van der Waals surface area contributed by atoms with Gasteiger partial charge < -0.3 is 16.0 Å². The standard InChI is InChI=1S/C19H24N4O/c1-13(2)14-7-9-16(10-8-14)22-18(24)12-23(3)17-6-4-5-15(11-17)19(20)21/h4-11,13H,12H2,1-3H3,(H3,20,21)(H,22,24). The number of likely N-dealkylation sites (N-methyl/N-ethyl adjacent to an activating group) is 1. The lowest BCUT2D eigenvalue weighted by Gasteiger charge is -2.19. The smallest absolute Gasteiger partial charge is 0.243 e. The molecule has 0 aliphatic carbocycles. The van der Waals surface area contributed by atoms with Crippen molar-refractivity contribution in [2.75, 3.05) is 23.8 Å². The summed E-state index contributed by atoms with van der Waals surface area (Å²) in [4.78, 5) is 14.0. The van der Waals surface area contributed by atoms with E-state index in [1.807, 2.05) is 48.3 Å². The van der Waals surface area contributed by atoms with Crippen LogP contribution in [-0.4, -0.2) is 25.3 Å². The van der Waals surface area contributed by atoms with Gasteiger partial charge in [0.15, 0.2) is 0 Å². The van der Waals surface area contributed by atoms with Crippen molar-refractivity contribution in [2.24, 2.45) is 5.73 Å². The van der Waals surface area contributed by atoms with Gasteiger partial charge in [0, 0.05) is 24.0 Å². The van der Waals surface area contributed by atoms with Crippen LogP contribution in [-0.2, 0) is 4.79 Å². The summed E-state index contributed by atoms with van der Waals surface area (Å²) in [6.45, 7) is 4.49. The number of carbonyl (C=O) groups is 1. The van der Waals surface area contributed by atoms with E-state index in [-0.39, 0.29) is 18.3 Å². The molecule has 5 heteroatoms. The molecule has 0 bridgehead atoms. The van der Waals surface area contributed by atoms with E-state index < -0.39 is 0 Å². The summed E-state index contributed by atoms with van der Waals surface area (Å²) in [7, 11) is 1.83. The molecule has 0 heterocycles. The molecule has 0 aliphatic heterocycles. The maximum Gasteiger partial charge on any atom is 0.243 e. The Morgan fingerprint density at radius 3 is 2.46 bits per heavy atom. The topological polar surface area (TPSA) is 82.2 Å². The lowest BCUT2D eigenvalue weighted by atomic mass is 10.0. The van der Waals surface area contributed by atoms with Crippen LogP contribution in [0.2, 0.25) is 0 Å². The second kappa shape index (κ2) is 7.64. The highest BCUT2D eigenvalue weighted by Crippen LogP contribution is 2.18. The lowest BCUT2D eigenvalue weighted by Crippen LogP contribution is -2.30. The fourth-order valence-electron chi connectivity index (χ4n) is 2.37. The van der Waals surface area contributed by atoms with Crippen molar-refractivity contribution in [1.29, 1.82) is 5.41 Å². The number of amidine groups is 1. The molecule has 5 nitrogen and oxygen atoms in total. The van der Waals surface area contributed by atoms with Gasteiger partial charge >= 0.3 is 0 Å². The molecule has 24 heavy (non-hydrogen) atoms. The Hall–Kier alpha value is -2.82. The third-order valence-electron chi connectivity index (χ3n) is 3.84. The quantitative estimate of drug-likeness (QED) is 0.564. The first kappa shape index (κ1) is 17.5. The van der Waals surface area contributed by atoms with Crippen molar-refractivity contribution in [2.45, 2.75) is 19.8 Å². The summed E-state index contributed by atoms with van der Waals surface area (Å²) in [5, 5.41) is 10.4. The first-order valence-electron chi connectivity index (χ1n) is 7.92. The number of rotatable bonds is 6. The van der Waals surface area contributed by atoms with Gasteiger partial charge in [0.25, 0.3) is 0 Å². The third-order valence-corrected chi connectivity index (χ3v) is 3.84. The first-order valence-corrected chi connectivity index (χ1v) is 7.92. The highest BCUT2D eigenvalue weighted by Gasteiger charge is 2.09. The number of hydrogen-bond acceptors (Lipinski definition) is 3. The number of nitrogens with zero attached hydrogens (tertiary/aromatic N) is 1. The average molecular weight is 324 g/mol. The van der Waals surface area contributed by atoms with E-state index in [9.17, 15) is 4.79 Å². The van der Waals surface area contributed by atoms with E-state index in [1.165, 1.54) is 5.56 Å². The van der Waals surface area contributed by atoms with Gasteiger partial charge in [-0.25, -0.2) is 0 Å². The van der Waals surface area contributed by atoms with Crippen LogP contribution in [0.5, 0.6) is 0 Å². The maximum absolute atomic E-state index is 12.2. The van der Waals surface area contributed by atoms with E-state index >= 15 is 0 Å². The zero-order valence-electron chi connectivity index (χ0n) is 14.3. The fourth-order valence-corrected chi connectivity index (χ4v) is 2.37. The molecule has 0 saturated heterocycles. The monoisotopic (exact) mass is 324 g/mol. The highest BCUT2D eigenvalue weighted by molar-refractivity contribution is 5.96. The maximum atomic E-state index is 12.2. The van der Waals surface area contributed by atoms with E-state index in [0.29, 0.717) is 11.5 Å². The van der Waals surface area contributed by atoms with Crippen molar-refractivity contribution < 1.29 is 4.79 Å². The van der Waals surface area contributed by atoms with Crippen LogP contribution in [0.3, 0.4) is 0 Å². The van der Waals surface area contributed by atoms with Crippen molar-refractivity contribution in [3.8, 4) is 0 Å². The van der Waals surface area contributed by atoms with Gasteiger partial charge in [0.1, 0.15) is 5.84 Å². The van der Waals surface area contributed by atoms with E-state index in [4.69, 9.17) is 11.1 Å². The van der Waals surface area contributed by atoms with Crippen molar-refractivity contribution in [3.05, 3.63) is 59.7 Å². The Morgan fingerprint density at radius 1 is 1.21 bits per heavy atom. The van der Waals surface area contributed by atoms with Crippen LogP contribution in [0.25, 0.3) is 0 Å². The molecule has 0 atom stereocenters. The Kier molecular flexibility index (Phi) is 5.58. The van der Waals surface area contributed by atoms with Crippen molar-refractivity contribution in [3.63, 3.8) is 0 Å². The molecule has 0 radical (unpaired) electrons. The number of nitrogen functional groups attached to an aromatic ring is 1. The largest absolute Gasteiger partial charge is 0.384 e. The van der Waals surface area contributed by atoms with Gasteiger partial charge in [0.05, 0.1) is 6.54 Å². The SMILES string of the molecule is CC(C)c1ccc(NC(=O)CN(C)c2cccc(C(=N)N)c2)cc1. The molecule has 2 aromatic rings. The third kappa shape index (κ3) is 4.59. The minimum Gasteiger partial charge on any atom is -0.384 e. The van der Waals surface area contributed by atoms with E-state index in [2.05, 4.69) is 19.2 Å². The second-order valence-corrected chi connectivity index (χ2v) is 6.14. The van der Waals surface area contributed by atoms with Crippen LogP contribution in [0.4, 0.5) is 11.4 Å². The normalized spacial score (nSPS) is 10.5. The molecule has 0 unspecified atom stereocenters. The Morgan fingerprint density at radius 2 is 1.88 bits per heavy atom. The number of hydrogen-bond donors (Lipinski definition) is 3. The highest BCUT2D eigenvalue weighted by atomic mass is 16.2. The zero-order valence-corrected chi connectivity index (χ0v) is 14.3. The predicted octanol–water partition coefficient (Wildman–Crippen LogP) is 3.17. The van der Waals surface area contributed by atoms with Crippen molar-refractivity contribution >= 4 is 23.1 Å². The van der Waals surface area contributed by atoms with Crippen LogP contribution < -0.4 is 16.0 Å². The number of nitrogens with two attached hydrogens (primary N) is 1. The van der Waals surface area contributed by atoms with Gasteiger partial charge in [-0.3, -0.25) is 10.2 Å². The number of carbonyl (C=O) groups excluding carboxylic acids is 1.